The Morgan fingerprint density at radius 1 is 1.62 bits per heavy atom. The molecule has 0 aliphatic heterocycles. The standard InChI is InChI=1S/C13H16ClN3O4/c1-16-13(12(15)18)5-4-9(7-13)21-11-3-2-8(17(19)20)6-10(11)14/h2-3,6,9,16H,4-5,7H2,1H3,(H2,15,18). The number of nitrogens with zero attached hydrogens (tertiary/aromatic N) is 1. The van der Waals surface area contributed by atoms with Crippen molar-refractivity contribution in [1.82, 2.24) is 5.32 Å². The summed E-state index contributed by atoms with van der Waals surface area (Å²) in [6.07, 6.45) is 1.45. The molecule has 1 aromatic rings. The number of carbonyl (C=O) groups excluding carboxylic acids is 1. The van der Waals surface area contributed by atoms with Gasteiger partial charge in [-0.25, -0.2) is 0 Å². The number of primary amides is 1. The van der Waals surface area contributed by atoms with Crippen LogP contribution in [0.4, 0.5) is 5.69 Å². The normalized spacial score (nSPS) is 24.8. The van der Waals surface area contributed by atoms with Crippen LogP contribution in [0.5, 0.6) is 5.75 Å². The van der Waals surface area contributed by atoms with Crippen molar-refractivity contribution in [2.75, 3.05) is 7.05 Å². The third-order valence-electron chi connectivity index (χ3n) is 3.84. The molecular formula is C13H16ClN3O4. The monoisotopic (exact) mass is 313 g/mol. The number of nitrogens with one attached hydrogen (secondary N) is 1. The number of likely N-dealkylation sites (N-methyl/N-ethyl adjacent to an activating group) is 1. The second-order valence-electron chi connectivity index (χ2n) is 5.05. The predicted molar refractivity (Wildman–Crippen MR) is 77.4 cm³/mol. The van der Waals surface area contributed by atoms with Crippen LogP contribution in [0.2, 0.25) is 5.02 Å². The lowest BCUT2D eigenvalue weighted by molar-refractivity contribution is -0.384. The summed E-state index contributed by atoms with van der Waals surface area (Å²) in [6, 6.07) is 4.03. The third-order valence-corrected chi connectivity index (χ3v) is 4.13. The molecular weight excluding hydrogens is 298 g/mol. The van der Waals surface area contributed by atoms with E-state index in [4.69, 9.17) is 22.1 Å². The zero-order valence-corrected chi connectivity index (χ0v) is 12.2. The zero-order valence-electron chi connectivity index (χ0n) is 11.5. The van der Waals surface area contributed by atoms with Gasteiger partial charge in [0.25, 0.3) is 5.69 Å². The average molecular weight is 314 g/mol. The summed E-state index contributed by atoms with van der Waals surface area (Å²) in [5, 5.41) is 13.8. The second kappa shape index (κ2) is 5.87. The highest BCUT2D eigenvalue weighted by molar-refractivity contribution is 6.32. The minimum atomic E-state index is -0.766. The Balaban J connectivity index is 2.10. The van der Waals surface area contributed by atoms with Crippen LogP contribution in [-0.2, 0) is 4.79 Å². The molecule has 0 heterocycles. The van der Waals surface area contributed by atoms with Gasteiger partial charge in [-0.1, -0.05) is 11.6 Å². The van der Waals surface area contributed by atoms with Crippen LogP contribution in [0.25, 0.3) is 0 Å². The maximum Gasteiger partial charge on any atom is 0.271 e. The number of halogens is 1. The number of carbonyl (C=O) groups is 1. The molecule has 1 aliphatic rings. The highest BCUT2D eigenvalue weighted by Gasteiger charge is 2.44. The first-order valence-corrected chi connectivity index (χ1v) is 6.85. The molecule has 114 valence electrons. The quantitative estimate of drug-likeness (QED) is 0.634. The van der Waals surface area contributed by atoms with Gasteiger partial charge in [-0.2, -0.15) is 0 Å². The van der Waals surface area contributed by atoms with E-state index in [0.29, 0.717) is 25.0 Å². The zero-order chi connectivity index (χ0) is 15.6. The first-order valence-electron chi connectivity index (χ1n) is 6.47. The number of amides is 1. The van der Waals surface area contributed by atoms with Crippen LogP contribution in [-0.4, -0.2) is 29.5 Å². The van der Waals surface area contributed by atoms with Gasteiger partial charge in [-0.3, -0.25) is 14.9 Å². The van der Waals surface area contributed by atoms with Crippen LogP contribution >= 0.6 is 11.6 Å². The number of hydrogen-bond acceptors (Lipinski definition) is 5. The number of non-ortho nitro benzene ring substituents is 1. The molecule has 2 unspecified atom stereocenters. The number of ether oxygens (including phenoxy) is 1. The second-order valence-corrected chi connectivity index (χ2v) is 5.46. The molecule has 0 aromatic heterocycles. The highest BCUT2D eigenvalue weighted by Crippen LogP contribution is 2.35. The van der Waals surface area contributed by atoms with Gasteiger partial charge >= 0.3 is 0 Å². The SMILES string of the molecule is CNC1(C(N)=O)CCC(Oc2ccc([N+](=O)[O-])cc2Cl)C1. The van der Waals surface area contributed by atoms with E-state index in [-0.39, 0.29) is 16.8 Å². The minimum Gasteiger partial charge on any atom is -0.489 e. The van der Waals surface area contributed by atoms with Crippen LogP contribution in [0.3, 0.4) is 0 Å². The van der Waals surface area contributed by atoms with Gasteiger partial charge in [0, 0.05) is 18.6 Å². The van der Waals surface area contributed by atoms with E-state index < -0.39 is 16.4 Å². The topological polar surface area (TPSA) is 107 Å². The summed E-state index contributed by atoms with van der Waals surface area (Å²) in [4.78, 5) is 21.7. The Morgan fingerprint density at radius 2 is 2.33 bits per heavy atom. The number of rotatable bonds is 5. The molecule has 3 N–H and O–H groups in total. The summed E-state index contributed by atoms with van der Waals surface area (Å²) >= 11 is 5.98. The van der Waals surface area contributed by atoms with Crippen molar-refractivity contribution < 1.29 is 14.5 Å². The number of hydrogen-bond donors (Lipinski definition) is 2. The molecule has 1 amide bonds. The van der Waals surface area contributed by atoms with Crippen molar-refractivity contribution in [3.05, 3.63) is 33.3 Å². The Morgan fingerprint density at radius 3 is 2.81 bits per heavy atom. The Hall–Kier alpha value is -1.86. The molecule has 0 saturated heterocycles. The van der Waals surface area contributed by atoms with Crippen LogP contribution in [0.15, 0.2) is 18.2 Å². The van der Waals surface area contributed by atoms with Crippen molar-refractivity contribution in [2.45, 2.75) is 30.9 Å². The van der Waals surface area contributed by atoms with Gasteiger partial charge in [0.2, 0.25) is 5.91 Å². The molecule has 8 heteroatoms. The maximum absolute atomic E-state index is 11.5. The van der Waals surface area contributed by atoms with E-state index in [1.165, 1.54) is 18.2 Å². The van der Waals surface area contributed by atoms with Gasteiger partial charge in [-0.05, 0) is 26.0 Å². The first-order chi connectivity index (χ1) is 9.88. The van der Waals surface area contributed by atoms with E-state index in [1.54, 1.807) is 7.05 Å². The number of benzene rings is 1. The van der Waals surface area contributed by atoms with Crippen molar-refractivity contribution in [3.8, 4) is 5.75 Å². The summed E-state index contributed by atoms with van der Waals surface area (Å²) in [5.74, 6) is -0.0467. The minimum absolute atomic E-state index is 0.0968. The largest absolute Gasteiger partial charge is 0.489 e. The molecule has 21 heavy (non-hydrogen) atoms. The summed E-state index contributed by atoms with van der Waals surface area (Å²) < 4.78 is 5.75. The first kappa shape index (κ1) is 15.5. The Bertz CT molecular complexity index is 581. The van der Waals surface area contributed by atoms with Crippen molar-refractivity contribution >= 4 is 23.2 Å². The van der Waals surface area contributed by atoms with E-state index >= 15 is 0 Å². The molecule has 0 spiro atoms. The van der Waals surface area contributed by atoms with Crippen molar-refractivity contribution in [3.63, 3.8) is 0 Å². The van der Waals surface area contributed by atoms with Crippen LogP contribution < -0.4 is 15.8 Å². The smallest absolute Gasteiger partial charge is 0.271 e. The summed E-state index contributed by atoms with van der Waals surface area (Å²) in [6.45, 7) is 0. The molecule has 1 saturated carbocycles. The molecule has 0 radical (unpaired) electrons. The lowest BCUT2D eigenvalue weighted by Crippen LogP contribution is -2.52. The number of nitrogens with two attached hydrogens (primary N) is 1. The molecule has 2 rings (SSSR count). The molecule has 1 aliphatic carbocycles. The van der Waals surface area contributed by atoms with E-state index in [1.807, 2.05) is 0 Å². The average Bonchev–Trinajstić information content (AvgIpc) is 2.85. The predicted octanol–water partition coefficient (Wildman–Crippen LogP) is 1.62. The lowest BCUT2D eigenvalue weighted by Gasteiger charge is -2.24. The summed E-state index contributed by atoms with van der Waals surface area (Å²) in [7, 11) is 1.69. The molecule has 1 fully saturated rings. The van der Waals surface area contributed by atoms with E-state index in [9.17, 15) is 14.9 Å². The highest BCUT2D eigenvalue weighted by atomic mass is 35.5. The molecule has 7 nitrogen and oxygen atoms in total. The van der Waals surface area contributed by atoms with Gasteiger partial charge in [0.15, 0.2) is 0 Å². The Labute approximate surface area is 126 Å². The van der Waals surface area contributed by atoms with Crippen molar-refractivity contribution in [1.29, 1.82) is 0 Å². The van der Waals surface area contributed by atoms with E-state index in [2.05, 4.69) is 5.32 Å². The Kier molecular flexibility index (Phi) is 4.34. The lowest BCUT2D eigenvalue weighted by atomic mass is 9.97. The fourth-order valence-electron chi connectivity index (χ4n) is 2.55. The van der Waals surface area contributed by atoms with E-state index in [0.717, 1.165) is 0 Å². The van der Waals surface area contributed by atoms with Gasteiger partial charge in [0.1, 0.15) is 17.4 Å². The maximum atomic E-state index is 11.5. The van der Waals surface area contributed by atoms with Crippen LogP contribution in [0, 0.1) is 10.1 Å². The fourth-order valence-corrected chi connectivity index (χ4v) is 2.77. The molecule has 1 aromatic carbocycles. The van der Waals surface area contributed by atoms with Gasteiger partial charge in [-0.15, -0.1) is 0 Å². The number of nitro groups is 1. The van der Waals surface area contributed by atoms with Gasteiger partial charge < -0.3 is 15.8 Å². The molecule has 0 bridgehead atoms. The van der Waals surface area contributed by atoms with Gasteiger partial charge in [0.05, 0.1) is 9.95 Å². The fraction of sp³-hybridized carbons (Fsp3) is 0.462. The molecule has 2 atom stereocenters. The third kappa shape index (κ3) is 3.08. The van der Waals surface area contributed by atoms with Crippen molar-refractivity contribution in [2.24, 2.45) is 5.73 Å². The summed E-state index contributed by atoms with van der Waals surface area (Å²) in [5.41, 5.74) is 4.56. The number of nitro benzene ring substituents is 1. The van der Waals surface area contributed by atoms with Crippen LogP contribution in [0.1, 0.15) is 19.3 Å².